The van der Waals surface area contributed by atoms with E-state index in [2.05, 4.69) is 72.4 Å². The van der Waals surface area contributed by atoms with Crippen LogP contribution >= 0.6 is 27.5 Å². The second-order valence-corrected chi connectivity index (χ2v) is 13.3. The van der Waals surface area contributed by atoms with Crippen molar-refractivity contribution in [3.05, 3.63) is 56.7 Å². The van der Waals surface area contributed by atoms with Crippen LogP contribution < -0.4 is 5.32 Å². The van der Waals surface area contributed by atoms with Crippen LogP contribution in [0, 0.1) is 29.1 Å². The number of carbonyl (C=O) groups excluding carboxylic acids is 1. The van der Waals surface area contributed by atoms with Crippen LogP contribution in [0.15, 0.2) is 39.9 Å². The molecule has 4 nitrogen and oxygen atoms in total. The van der Waals surface area contributed by atoms with Gasteiger partial charge in [-0.15, -0.1) is 0 Å². The lowest BCUT2D eigenvalue weighted by molar-refractivity contribution is -0.103. The Kier molecular flexibility index (Phi) is 6.23. The molecule has 1 N–H and O–H groups in total. The minimum atomic E-state index is -0.0466. The van der Waals surface area contributed by atoms with E-state index < -0.39 is 0 Å². The summed E-state index contributed by atoms with van der Waals surface area (Å²) in [4.78, 5) is 13.7. The number of fused-ring (bicyclic) bond motifs is 5. The number of nitrogens with zero attached hydrogens (tertiary/aromatic N) is 2. The van der Waals surface area contributed by atoms with Gasteiger partial charge in [0.25, 0.3) is 5.91 Å². The first-order valence-electron chi connectivity index (χ1n) is 13.5. The molecule has 190 valence electrons. The summed E-state index contributed by atoms with van der Waals surface area (Å²) in [6, 6.07) is 6.44. The predicted molar refractivity (Wildman–Crippen MR) is 150 cm³/mol. The summed E-state index contributed by atoms with van der Waals surface area (Å²) in [5.74, 6) is 2.50. The molecule has 0 spiro atoms. The van der Waals surface area contributed by atoms with E-state index in [0.717, 1.165) is 71.1 Å². The number of carbonyl (C=O) groups is 1. The first-order valence-corrected chi connectivity index (χ1v) is 14.7. The van der Waals surface area contributed by atoms with Crippen molar-refractivity contribution in [3.63, 3.8) is 0 Å². The number of hydrogen-bond donors (Lipinski definition) is 1. The highest BCUT2D eigenvalue weighted by atomic mass is 79.9. The molecule has 4 unspecified atom stereocenters. The molecule has 36 heavy (non-hydrogen) atoms. The summed E-state index contributed by atoms with van der Waals surface area (Å²) < 4.78 is 3.03. The largest absolute Gasteiger partial charge is 0.350 e. The fraction of sp³-hybridized carbons (Fsp3) is 0.533. The second-order valence-electron chi connectivity index (χ2n) is 12.0. The molecule has 0 saturated heterocycles. The Labute approximate surface area is 227 Å². The van der Waals surface area contributed by atoms with Crippen LogP contribution in [0.1, 0.15) is 74.5 Å². The van der Waals surface area contributed by atoms with Crippen molar-refractivity contribution in [1.82, 2.24) is 15.1 Å². The second kappa shape index (κ2) is 9.16. The third-order valence-corrected chi connectivity index (χ3v) is 10.3. The highest BCUT2D eigenvalue weighted by Gasteiger charge is 2.54. The molecule has 3 fully saturated rings. The summed E-state index contributed by atoms with van der Waals surface area (Å²) in [6.07, 6.45) is 11.8. The molecule has 1 aromatic carbocycles. The van der Waals surface area contributed by atoms with Crippen LogP contribution in [-0.2, 0) is 12.8 Å². The van der Waals surface area contributed by atoms with Gasteiger partial charge < -0.3 is 5.32 Å². The standard InChI is InChI=1S/C30H35BrClN3O/c1-17-7-12-26(25(32)13-17)35-28-22-11-10-21(31)14-18(22)5-4-6-23(28)27(34-35)29(36)33-16-19-8-9-20-15-24(19)30(20,2)3/h10-14,17,19-20,24H,4-9,15-16H2,1-3H3,(H,33,36). The molecule has 2 aromatic rings. The van der Waals surface area contributed by atoms with Crippen molar-refractivity contribution in [2.75, 3.05) is 6.54 Å². The van der Waals surface area contributed by atoms with E-state index in [0.29, 0.717) is 28.0 Å². The van der Waals surface area contributed by atoms with E-state index >= 15 is 0 Å². The van der Waals surface area contributed by atoms with Crippen molar-refractivity contribution >= 4 is 39.1 Å². The van der Waals surface area contributed by atoms with Crippen molar-refractivity contribution in [3.8, 4) is 11.3 Å². The molecular formula is C30H35BrClN3O. The van der Waals surface area contributed by atoms with E-state index in [1.54, 1.807) is 0 Å². The highest BCUT2D eigenvalue weighted by Crippen LogP contribution is 2.61. The third kappa shape index (κ3) is 4.01. The zero-order valence-corrected chi connectivity index (χ0v) is 23.8. The molecule has 1 heterocycles. The lowest BCUT2D eigenvalue weighted by atomic mass is 9.45. The number of aromatic nitrogens is 2. The summed E-state index contributed by atoms with van der Waals surface area (Å²) in [7, 11) is 0. The number of rotatable bonds is 4. The zero-order chi connectivity index (χ0) is 25.2. The Morgan fingerprint density at radius 1 is 1.28 bits per heavy atom. The Hall–Kier alpha value is -1.85. The van der Waals surface area contributed by atoms with Crippen molar-refractivity contribution < 1.29 is 4.79 Å². The Morgan fingerprint density at radius 2 is 2.11 bits per heavy atom. The van der Waals surface area contributed by atoms with Crippen LogP contribution in [0.5, 0.6) is 0 Å². The van der Waals surface area contributed by atoms with E-state index in [4.69, 9.17) is 16.7 Å². The number of allylic oxidation sites excluding steroid dienone is 4. The minimum absolute atomic E-state index is 0.0466. The van der Waals surface area contributed by atoms with E-state index in [1.807, 2.05) is 4.68 Å². The van der Waals surface area contributed by atoms with E-state index in [9.17, 15) is 4.79 Å². The topological polar surface area (TPSA) is 46.9 Å². The maximum atomic E-state index is 13.7. The number of aryl methyl sites for hydroxylation is 1. The molecule has 6 heteroatoms. The lowest BCUT2D eigenvalue weighted by Crippen LogP contribution is -2.54. The average Bonchev–Trinajstić information content (AvgIpc) is 3.11. The van der Waals surface area contributed by atoms with Gasteiger partial charge in [-0.1, -0.05) is 66.5 Å². The van der Waals surface area contributed by atoms with Crippen molar-refractivity contribution in [1.29, 1.82) is 0 Å². The van der Waals surface area contributed by atoms with E-state index in [1.165, 1.54) is 24.8 Å². The zero-order valence-electron chi connectivity index (χ0n) is 21.4. The molecule has 5 aliphatic rings. The predicted octanol–water partition coefficient (Wildman–Crippen LogP) is 7.61. The highest BCUT2D eigenvalue weighted by molar-refractivity contribution is 9.10. The van der Waals surface area contributed by atoms with Gasteiger partial charge in [0.05, 0.1) is 16.4 Å². The van der Waals surface area contributed by atoms with Crippen LogP contribution in [-0.4, -0.2) is 22.2 Å². The maximum absolute atomic E-state index is 13.7. The van der Waals surface area contributed by atoms with Crippen LogP contribution in [0.2, 0.25) is 0 Å². The van der Waals surface area contributed by atoms with Crippen molar-refractivity contribution in [2.24, 2.45) is 29.1 Å². The van der Waals surface area contributed by atoms with Gasteiger partial charge in [0.1, 0.15) is 0 Å². The average molecular weight is 569 g/mol. The first kappa shape index (κ1) is 24.5. The summed E-state index contributed by atoms with van der Waals surface area (Å²) in [6.45, 7) is 7.73. The van der Waals surface area contributed by atoms with Gasteiger partial charge in [-0.2, -0.15) is 5.10 Å². The van der Waals surface area contributed by atoms with Gasteiger partial charge in [-0.3, -0.25) is 4.79 Å². The van der Waals surface area contributed by atoms with Crippen LogP contribution in [0.3, 0.4) is 0 Å². The Balaban J connectivity index is 1.37. The molecule has 7 rings (SSSR count). The molecule has 1 aromatic heterocycles. The Bertz CT molecular complexity index is 1290. The van der Waals surface area contributed by atoms with Crippen molar-refractivity contribution in [2.45, 2.75) is 65.7 Å². The monoisotopic (exact) mass is 567 g/mol. The molecular weight excluding hydrogens is 534 g/mol. The molecule has 5 aliphatic carbocycles. The van der Waals surface area contributed by atoms with Gasteiger partial charge in [0.15, 0.2) is 5.69 Å². The summed E-state index contributed by atoms with van der Waals surface area (Å²) in [5.41, 5.74) is 6.36. The smallest absolute Gasteiger partial charge is 0.272 e. The number of hydrogen-bond acceptors (Lipinski definition) is 2. The van der Waals surface area contributed by atoms with Gasteiger partial charge in [-0.05, 0) is 91.7 Å². The third-order valence-electron chi connectivity index (χ3n) is 9.51. The molecule has 1 amide bonds. The quantitative estimate of drug-likeness (QED) is 0.413. The fourth-order valence-electron chi connectivity index (χ4n) is 7.28. The number of nitrogens with one attached hydrogen (secondary N) is 1. The molecule has 4 atom stereocenters. The number of amides is 1. The summed E-state index contributed by atoms with van der Waals surface area (Å²) in [5, 5.41) is 8.99. The maximum Gasteiger partial charge on any atom is 0.272 e. The molecule has 0 aliphatic heterocycles. The van der Waals surface area contributed by atoms with Crippen LogP contribution in [0.4, 0.5) is 0 Å². The fourth-order valence-corrected chi connectivity index (χ4v) is 8.06. The van der Waals surface area contributed by atoms with Gasteiger partial charge in [-0.25, -0.2) is 4.68 Å². The normalized spacial score (nSPS) is 28.1. The minimum Gasteiger partial charge on any atom is -0.350 e. The SMILES string of the molecule is CC1C=C(Cl)C(n2nc(C(=O)NCC3CCC4CC3C4(C)C)c3c2-c2ccc(Br)cc2CCC3)=CC1. The Morgan fingerprint density at radius 3 is 2.86 bits per heavy atom. The first-order chi connectivity index (χ1) is 17.2. The van der Waals surface area contributed by atoms with Gasteiger partial charge in [0.2, 0.25) is 0 Å². The molecule has 2 bridgehead atoms. The van der Waals surface area contributed by atoms with E-state index in [-0.39, 0.29) is 5.91 Å². The number of halogens is 2. The molecule has 3 saturated carbocycles. The molecule has 0 radical (unpaired) electrons. The number of benzene rings is 1. The van der Waals surface area contributed by atoms with Gasteiger partial charge in [0, 0.05) is 22.1 Å². The van der Waals surface area contributed by atoms with Gasteiger partial charge >= 0.3 is 0 Å². The van der Waals surface area contributed by atoms with Crippen LogP contribution in [0.25, 0.3) is 17.0 Å². The summed E-state index contributed by atoms with van der Waals surface area (Å²) >= 11 is 10.4. The lowest BCUT2D eigenvalue weighted by Gasteiger charge is -2.60.